The first-order chi connectivity index (χ1) is 7.77. The van der Waals surface area contributed by atoms with Gasteiger partial charge in [-0.15, -0.1) is 0 Å². The molecule has 3 nitrogen and oxygen atoms in total. The van der Waals surface area contributed by atoms with Crippen LogP contribution in [0.3, 0.4) is 0 Å². The Labute approximate surface area is 99.5 Å². The van der Waals surface area contributed by atoms with Crippen LogP contribution in [0.15, 0.2) is 12.1 Å². The summed E-state index contributed by atoms with van der Waals surface area (Å²) in [5, 5.41) is 0.614. The molecule has 0 saturated heterocycles. The van der Waals surface area contributed by atoms with Crippen LogP contribution in [-0.2, 0) is 5.41 Å². The van der Waals surface area contributed by atoms with Gasteiger partial charge in [-0.1, -0.05) is 24.1 Å². The van der Waals surface area contributed by atoms with Crippen LogP contribution in [0.5, 0.6) is 11.5 Å². The summed E-state index contributed by atoms with van der Waals surface area (Å²) in [5.74, 6) is 1.48. The van der Waals surface area contributed by atoms with E-state index >= 15 is 0 Å². The fraction of sp³-hybridized carbons (Fsp3) is 0.500. The molecule has 1 aromatic carbocycles. The van der Waals surface area contributed by atoms with Crippen LogP contribution in [0.2, 0.25) is 5.02 Å². The van der Waals surface area contributed by atoms with E-state index in [2.05, 4.69) is 0 Å². The van der Waals surface area contributed by atoms with Crippen molar-refractivity contribution < 1.29 is 9.47 Å². The number of hydrogen-bond acceptors (Lipinski definition) is 3. The van der Waals surface area contributed by atoms with E-state index in [0.29, 0.717) is 17.3 Å². The summed E-state index contributed by atoms with van der Waals surface area (Å²) in [5.41, 5.74) is 7.15. The molecule has 0 bridgehead atoms. The topological polar surface area (TPSA) is 44.5 Å². The number of halogens is 1. The Hall–Kier alpha value is -0.930. The van der Waals surface area contributed by atoms with Crippen LogP contribution in [-0.4, -0.2) is 13.3 Å². The first-order valence-electron chi connectivity index (χ1n) is 5.55. The number of ether oxygens (including phenoxy) is 2. The van der Waals surface area contributed by atoms with Gasteiger partial charge in [-0.3, -0.25) is 0 Å². The molecule has 3 rings (SSSR count). The number of benzene rings is 1. The molecule has 0 amide bonds. The first-order valence-corrected chi connectivity index (χ1v) is 5.93. The zero-order valence-electron chi connectivity index (χ0n) is 8.96. The van der Waals surface area contributed by atoms with Crippen LogP contribution >= 0.6 is 11.6 Å². The average Bonchev–Trinajstić information content (AvgIpc) is 2.70. The number of hydrogen-bond donors (Lipinski definition) is 1. The smallest absolute Gasteiger partial charge is 0.231 e. The van der Waals surface area contributed by atoms with Gasteiger partial charge in [0.15, 0.2) is 11.5 Å². The number of fused-ring (bicyclic) bond motifs is 1. The second kappa shape index (κ2) is 3.54. The predicted octanol–water partition coefficient (Wildman–Crippen LogP) is 2.45. The van der Waals surface area contributed by atoms with Gasteiger partial charge in [0.2, 0.25) is 6.79 Å². The highest BCUT2D eigenvalue weighted by Crippen LogP contribution is 2.52. The predicted molar refractivity (Wildman–Crippen MR) is 62.2 cm³/mol. The molecule has 0 radical (unpaired) electrons. The van der Waals surface area contributed by atoms with E-state index in [4.69, 9.17) is 26.8 Å². The van der Waals surface area contributed by atoms with Crippen LogP contribution < -0.4 is 15.2 Å². The molecule has 2 aliphatic rings. The quantitative estimate of drug-likeness (QED) is 0.862. The minimum atomic E-state index is 0.0857. The van der Waals surface area contributed by atoms with Crippen molar-refractivity contribution in [2.45, 2.75) is 24.7 Å². The molecule has 1 fully saturated rings. The van der Waals surface area contributed by atoms with Crippen molar-refractivity contribution in [2.24, 2.45) is 5.73 Å². The Balaban J connectivity index is 2.11. The summed E-state index contributed by atoms with van der Waals surface area (Å²) >= 11 is 6.06. The van der Waals surface area contributed by atoms with Crippen LogP contribution in [0, 0.1) is 0 Å². The maximum Gasteiger partial charge on any atom is 0.231 e. The SMILES string of the molecule is NCC1(c2ccc(Cl)c3c2OCO3)CCC1. The van der Waals surface area contributed by atoms with Gasteiger partial charge in [0.1, 0.15) is 0 Å². The van der Waals surface area contributed by atoms with Gasteiger partial charge in [0, 0.05) is 17.5 Å². The monoisotopic (exact) mass is 239 g/mol. The largest absolute Gasteiger partial charge is 0.453 e. The lowest BCUT2D eigenvalue weighted by Gasteiger charge is -2.41. The normalized spacial score (nSPS) is 20.6. The second-order valence-corrected chi connectivity index (χ2v) is 4.90. The molecule has 1 aromatic rings. The highest BCUT2D eigenvalue weighted by atomic mass is 35.5. The van der Waals surface area contributed by atoms with Gasteiger partial charge in [-0.05, 0) is 18.9 Å². The molecule has 0 aromatic heterocycles. The van der Waals surface area contributed by atoms with Crippen molar-refractivity contribution in [1.82, 2.24) is 0 Å². The van der Waals surface area contributed by atoms with Gasteiger partial charge in [0.25, 0.3) is 0 Å². The molecule has 0 unspecified atom stereocenters. The summed E-state index contributed by atoms with van der Waals surface area (Å²) in [6, 6.07) is 3.90. The molecule has 0 atom stereocenters. The van der Waals surface area contributed by atoms with Crippen molar-refractivity contribution in [1.29, 1.82) is 0 Å². The summed E-state index contributed by atoms with van der Waals surface area (Å²) in [6.45, 7) is 0.914. The van der Waals surface area contributed by atoms with Crippen LogP contribution in [0.1, 0.15) is 24.8 Å². The molecule has 1 saturated carbocycles. The van der Waals surface area contributed by atoms with E-state index in [1.807, 2.05) is 12.1 Å². The first kappa shape index (κ1) is 10.2. The van der Waals surface area contributed by atoms with Crippen LogP contribution in [0.4, 0.5) is 0 Å². The summed E-state index contributed by atoms with van der Waals surface area (Å²) in [4.78, 5) is 0. The average molecular weight is 240 g/mol. The maximum absolute atomic E-state index is 6.06. The van der Waals surface area contributed by atoms with Gasteiger partial charge in [-0.25, -0.2) is 0 Å². The molecule has 2 N–H and O–H groups in total. The summed E-state index contributed by atoms with van der Waals surface area (Å²) < 4.78 is 10.9. The van der Waals surface area contributed by atoms with Crippen molar-refractivity contribution in [3.8, 4) is 11.5 Å². The molecule has 1 aliphatic heterocycles. The Morgan fingerprint density at radius 3 is 2.62 bits per heavy atom. The van der Waals surface area contributed by atoms with Crippen molar-refractivity contribution in [3.05, 3.63) is 22.7 Å². The Morgan fingerprint density at radius 1 is 1.25 bits per heavy atom. The third kappa shape index (κ3) is 1.25. The van der Waals surface area contributed by atoms with E-state index in [0.717, 1.165) is 24.2 Å². The third-order valence-corrected chi connectivity index (χ3v) is 4.04. The van der Waals surface area contributed by atoms with Crippen molar-refractivity contribution in [2.75, 3.05) is 13.3 Å². The second-order valence-electron chi connectivity index (χ2n) is 4.50. The van der Waals surface area contributed by atoms with E-state index in [-0.39, 0.29) is 12.2 Å². The van der Waals surface area contributed by atoms with E-state index in [1.165, 1.54) is 6.42 Å². The lowest BCUT2D eigenvalue weighted by Crippen LogP contribution is -2.41. The van der Waals surface area contributed by atoms with Gasteiger partial charge in [0.05, 0.1) is 5.02 Å². The highest BCUT2D eigenvalue weighted by Gasteiger charge is 2.41. The van der Waals surface area contributed by atoms with E-state index < -0.39 is 0 Å². The summed E-state index contributed by atoms with van der Waals surface area (Å²) in [6.07, 6.45) is 3.48. The van der Waals surface area contributed by atoms with Crippen LogP contribution in [0.25, 0.3) is 0 Å². The fourth-order valence-corrected chi connectivity index (χ4v) is 2.77. The maximum atomic E-state index is 6.06. The lowest BCUT2D eigenvalue weighted by atomic mass is 9.64. The molecule has 86 valence electrons. The van der Waals surface area contributed by atoms with Gasteiger partial charge < -0.3 is 15.2 Å². The number of nitrogens with two attached hydrogens (primary N) is 1. The zero-order chi connectivity index (χ0) is 11.2. The summed E-state index contributed by atoms with van der Waals surface area (Å²) in [7, 11) is 0. The Kier molecular flexibility index (Phi) is 2.26. The van der Waals surface area contributed by atoms with E-state index in [9.17, 15) is 0 Å². The zero-order valence-corrected chi connectivity index (χ0v) is 9.72. The standard InChI is InChI=1S/C12H14ClNO2/c13-9-3-2-8(10-11(9)16-7-15-10)12(6-14)4-1-5-12/h2-3H,1,4-7,14H2. The molecule has 1 aliphatic carbocycles. The minimum absolute atomic E-state index is 0.0857. The fourth-order valence-electron chi connectivity index (χ4n) is 2.57. The van der Waals surface area contributed by atoms with Crippen molar-refractivity contribution >= 4 is 11.6 Å². The van der Waals surface area contributed by atoms with E-state index in [1.54, 1.807) is 0 Å². The van der Waals surface area contributed by atoms with Crippen molar-refractivity contribution in [3.63, 3.8) is 0 Å². The molecule has 0 spiro atoms. The number of rotatable bonds is 2. The molecule has 4 heteroatoms. The lowest BCUT2D eigenvalue weighted by molar-refractivity contribution is 0.168. The van der Waals surface area contributed by atoms with Gasteiger partial charge >= 0.3 is 0 Å². The molecule has 16 heavy (non-hydrogen) atoms. The molecule has 1 heterocycles. The third-order valence-electron chi connectivity index (χ3n) is 3.74. The minimum Gasteiger partial charge on any atom is -0.453 e. The molecular weight excluding hydrogens is 226 g/mol. The highest BCUT2D eigenvalue weighted by molar-refractivity contribution is 6.32. The molecular formula is C12H14ClNO2. The Morgan fingerprint density at radius 2 is 2.00 bits per heavy atom. The Bertz CT molecular complexity index is 424. The van der Waals surface area contributed by atoms with Gasteiger partial charge in [-0.2, -0.15) is 0 Å².